The SMILES string of the molecule is CCCC1COC(c2cc(F)c(C=Cc3cc(F)c(-c4cc(F)c(C(F)(F)OC(F)(F)F)c(F)c4)c(F)c3)c(F)c2)OC1. The Morgan fingerprint density at radius 2 is 1.28 bits per heavy atom. The third-order valence-corrected chi connectivity index (χ3v) is 6.41. The van der Waals surface area contributed by atoms with Crippen LogP contribution in [0.15, 0.2) is 36.4 Å². The molecule has 232 valence electrons. The molecule has 1 aliphatic rings. The molecule has 1 heterocycles. The zero-order valence-corrected chi connectivity index (χ0v) is 22.0. The summed E-state index contributed by atoms with van der Waals surface area (Å²) in [6.45, 7) is 2.69. The first-order valence-electron chi connectivity index (χ1n) is 12.6. The summed E-state index contributed by atoms with van der Waals surface area (Å²) in [6, 6.07) is 3.18. The van der Waals surface area contributed by atoms with Crippen LogP contribution in [0, 0.1) is 40.8 Å². The molecule has 1 aliphatic heterocycles. The molecule has 0 atom stereocenters. The fourth-order valence-electron chi connectivity index (χ4n) is 4.55. The molecule has 3 nitrogen and oxygen atoms in total. The van der Waals surface area contributed by atoms with Crippen molar-refractivity contribution in [2.24, 2.45) is 5.92 Å². The van der Waals surface area contributed by atoms with Gasteiger partial charge in [0.15, 0.2) is 6.29 Å². The van der Waals surface area contributed by atoms with Crippen molar-refractivity contribution in [1.29, 1.82) is 0 Å². The maximum absolute atomic E-state index is 14.8. The van der Waals surface area contributed by atoms with Crippen LogP contribution in [-0.4, -0.2) is 19.6 Å². The number of ether oxygens (including phenoxy) is 3. The summed E-state index contributed by atoms with van der Waals surface area (Å²) in [5.74, 6) is -9.42. The van der Waals surface area contributed by atoms with Crippen molar-refractivity contribution in [3.63, 3.8) is 0 Å². The van der Waals surface area contributed by atoms with E-state index in [0.29, 0.717) is 25.3 Å². The van der Waals surface area contributed by atoms with E-state index in [4.69, 9.17) is 9.47 Å². The normalized spacial score (nSPS) is 18.0. The minimum atomic E-state index is -5.97. The van der Waals surface area contributed by atoms with Gasteiger partial charge in [-0.15, -0.1) is 13.2 Å². The van der Waals surface area contributed by atoms with Gasteiger partial charge in [0.05, 0.1) is 18.8 Å². The first kappa shape index (κ1) is 32.4. The Hall–Kier alpha value is -3.49. The van der Waals surface area contributed by atoms with Crippen LogP contribution in [0.1, 0.15) is 48.3 Å². The minimum Gasteiger partial charge on any atom is -0.348 e. The fourth-order valence-corrected chi connectivity index (χ4v) is 4.55. The van der Waals surface area contributed by atoms with Crippen LogP contribution >= 0.6 is 0 Å². The van der Waals surface area contributed by atoms with Crippen LogP contribution in [0.25, 0.3) is 23.3 Å². The number of halogens is 11. The zero-order valence-electron chi connectivity index (χ0n) is 22.0. The Morgan fingerprint density at radius 3 is 1.77 bits per heavy atom. The molecule has 0 aromatic heterocycles. The molecular formula is C29H21F11O3. The second-order valence-corrected chi connectivity index (χ2v) is 9.62. The van der Waals surface area contributed by atoms with Crippen molar-refractivity contribution in [2.75, 3.05) is 13.2 Å². The zero-order chi connectivity index (χ0) is 31.7. The summed E-state index contributed by atoms with van der Waals surface area (Å²) in [6.07, 6.45) is -8.86. The largest absolute Gasteiger partial charge is 0.527 e. The molecule has 1 saturated heterocycles. The van der Waals surface area contributed by atoms with Crippen molar-refractivity contribution in [3.05, 3.63) is 93.6 Å². The van der Waals surface area contributed by atoms with Gasteiger partial charge in [0, 0.05) is 17.0 Å². The highest BCUT2D eigenvalue weighted by atomic mass is 19.4. The lowest BCUT2D eigenvalue weighted by Gasteiger charge is -2.29. The molecule has 0 spiro atoms. The lowest BCUT2D eigenvalue weighted by atomic mass is 9.99. The number of rotatable bonds is 8. The molecule has 0 bridgehead atoms. The van der Waals surface area contributed by atoms with E-state index in [-0.39, 0.29) is 29.2 Å². The number of hydrogen-bond donors (Lipinski definition) is 0. The van der Waals surface area contributed by atoms with E-state index >= 15 is 0 Å². The lowest BCUT2D eigenvalue weighted by molar-refractivity contribution is -0.432. The summed E-state index contributed by atoms with van der Waals surface area (Å²) in [5.41, 5.74) is -5.30. The van der Waals surface area contributed by atoms with Crippen LogP contribution in [0.2, 0.25) is 0 Å². The van der Waals surface area contributed by atoms with Crippen molar-refractivity contribution in [2.45, 2.75) is 38.5 Å². The third kappa shape index (κ3) is 7.54. The Balaban J connectivity index is 1.57. The van der Waals surface area contributed by atoms with Crippen LogP contribution in [0.5, 0.6) is 0 Å². The summed E-state index contributed by atoms with van der Waals surface area (Å²) < 4.78 is 165. The number of alkyl halides is 5. The average molecular weight is 626 g/mol. The van der Waals surface area contributed by atoms with E-state index in [1.807, 2.05) is 6.92 Å². The highest BCUT2D eigenvalue weighted by Crippen LogP contribution is 2.41. The van der Waals surface area contributed by atoms with E-state index in [1.165, 1.54) is 0 Å². The van der Waals surface area contributed by atoms with Crippen molar-refractivity contribution in [3.8, 4) is 11.1 Å². The molecule has 0 amide bonds. The van der Waals surface area contributed by atoms with Gasteiger partial charge in [-0.2, -0.15) is 8.78 Å². The first-order chi connectivity index (χ1) is 20.1. The van der Waals surface area contributed by atoms with E-state index < -0.39 is 75.9 Å². The second kappa shape index (κ2) is 12.6. The number of benzene rings is 3. The Morgan fingerprint density at radius 1 is 0.744 bits per heavy atom. The Bertz CT molecular complexity index is 1440. The lowest BCUT2D eigenvalue weighted by Crippen LogP contribution is -2.29. The molecule has 14 heteroatoms. The summed E-state index contributed by atoms with van der Waals surface area (Å²) in [7, 11) is 0. The van der Waals surface area contributed by atoms with Crippen molar-refractivity contribution >= 4 is 12.2 Å². The summed E-state index contributed by atoms with van der Waals surface area (Å²) in [5, 5.41) is 0. The van der Waals surface area contributed by atoms with Crippen LogP contribution < -0.4 is 0 Å². The van der Waals surface area contributed by atoms with E-state index in [1.54, 1.807) is 0 Å². The topological polar surface area (TPSA) is 27.7 Å². The van der Waals surface area contributed by atoms with Gasteiger partial charge in [-0.3, -0.25) is 0 Å². The number of hydrogen-bond acceptors (Lipinski definition) is 3. The average Bonchev–Trinajstić information content (AvgIpc) is 2.86. The molecule has 43 heavy (non-hydrogen) atoms. The van der Waals surface area contributed by atoms with Gasteiger partial charge in [0.1, 0.15) is 40.5 Å². The molecule has 0 unspecified atom stereocenters. The quantitative estimate of drug-likeness (QED) is 0.184. The van der Waals surface area contributed by atoms with Gasteiger partial charge in [0.25, 0.3) is 0 Å². The standard InChI is InChI=1S/C29H21F11O3/c1-2-3-15-12-41-27(42-13-15)17-10-19(30)18(20(31)11-17)5-4-14-6-21(32)25(22(33)7-14)16-8-23(34)26(24(35)9-16)28(36,37)43-29(38,39)40/h4-11,15,27H,2-3,12-13H2,1H3. The molecule has 3 aromatic carbocycles. The first-order valence-corrected chi connectivity index (χ1v) is 12.6. The molecule has 0 radical (unpaired) electrons. The molecular weight excluding hydrogens is 605 g/mol. The van der Waals surface area contributed by atoms with Crippen LogP contribution in [0.3, 0.4) is 0 Å². The van der Waals surface area contributed by atoms with Crippen LogP contribution in [-0.2, 0) is 20.3 Å². The highest BCUT2D eigenvalue weighted by molar-refractivity contribution is 5.73. The molecule has 4 rings (SSSR count). The van der Waals surface area contributed by atoms with Gasteiger partial charge in [0.2, 0.25) is 0 Å². The highest BCUT2D eigenvalue weighted by Gasteiger charge is 2.49. The van der Waals surface area contributed by atoms with Gasteiger partial charge in [-0.1, -0.05) is 19.4 Å². The fraction of sp³-hybridized carbons (Fsp3) is 0.310. The third-order valence-electron chi connectivity index (χ3n) is 6.41. The second-order valence-electron chi connectivity index (χ2n) is 9.62. The van der Waals surface area contributed by atoms with E-state index in [0.717, 1.165) is 37.1 Å². The molecule has 3 aromatic rings. The van der Waals surface area contributed by atoms with Crippen molar-refractivity contribution < 1.29 is 62.5 Å². The predicted octanol–water partition coefficient (Wildman–Crippen LogP) is 9.41. The van der Waals surface area contributed by atoms with Gasteiger partial charge >= 0.3 is 12.5 Å². The maximum Gasteiger partial charge on any atom is 0.527 e. The monoisotopic (exact) mass is 626 g/mol. The maximum atomic E-state index is 14.8. The molecule has 0 saturated carbocycles. The van der Waals surface area contributed by atoms with Crippen LogP contribution in [0.4, 0.5) is 48.3 Å². The smallest absolute Gasteiger partial charge is 0.348 e. The molecule has 0 aliphatic carbocycles. The Kier molecular flexibility index (Phi) is 9.52. The minimum absolute atomic E-state index is 0.000922. The van der Waals surface area contributed by atoms with Gasteiger partial charge < -0.3 is 9.47 Å². The van der Waals surface area contributed by atoms with Crippen molar-refractivity contribution in [1.82, 2.24) is 0 Å². The van der Waals surface area contributed by atoms with E-state index in [2.05, 4.69) is 4.74 Å². The van der Waals surface area contributed by atoms with Gasteiger partial charge in [-0.05, 0) is 60.0 Å². The van der Waals surface area contributed by atoms with Gasteiger partial charge in [-0.25, -0.2) is 31.1 Å². The summed E-state index contributed by atoms with van der Waals surface area (Å²) in [4.78, 5) is 0. The molecule has 0 N–H and O–H groups in total. The Labute approximate surface area is 237 Å². The van der Waals surface area contributed by atoms with E-state index in [9.17, 15) is 48.3 Å². The summed E-state index contributed by atoms with van der Waals surface area (Å²) >= 11 is 0. The predicted molar refractivity (Wildman–Crippen MR) is 131 cm³/mol. The molecule has 1 fully saturated rings.